The van der Waals surface area contributed by atoms with Crippen molar-refractivity contribution in [2.75, 3.05) is 13.2 Å². The lowest BCUT2D eigenvalue weighted by atomic mass is 10.2. The highest BCUT2D eigenvalue weighted by atomic mass is 16.5. The van der Waals surface area contributed by atoms with Gasteiger partial charge in [0.2, 0.25) is 0 Å². The molecule has 1 aromatic heterocycles. The van der Waals surface area contributed by atoms with Crippen LogP contribution in [0, 0.1) is 0 Å². The summed E-state index contributed by atoms with van der Waals surface area (Å²) < 4.78 is 10.8. The first-order valence-corrected chi connectivity index (χ1v) is 6.44. The Morgan fingerprint density at radius 2 is 2.05 bits per heavy atom. The number of amides is 1. The fourth-order valence-electron chi connectivity index (χ4n) is 1.69. The number of furan rings is 1. The summed E-state index contributed by atoms with van der Waals surface area (Å²) in [5, 5.41) is 11.4. The van der Waals surface area contributed by atoms with Gasteiger partial charge in [0.1, 0.15) is 12.4 Å². The van der Waals surface area contributed by atoms with Gasteiger partial charge in [0.05, 0.1) is 6.26 Å². The van der Waals surface area contributed by atoms with Gasteiger partial charge in [-0.25, -0.2) is 0 Å². The van der Waals surface area contributed by atoms with E-state index in [0.717, 1.165) is 5.75 Å². The molecular formula is C15H17NO4. The fraction of sp³-hybridized carbons (Fsp3) is 0.267. The molecule has 0 bridgehead atoms. The first-order valence-electron chi connectivity index (χ1n) is 6.44. The highest BCUT2D eigenvalue weighted by Crippen LogP contribution is 2.15. The lowest BCUT2D eigenvalue weighted by molar-refractivity contribution is 0.0920. The van der Waals surface area contributed by atoms with Crippen LogP contribution in [-0.2, 0) is 6.61 Å². The molecule has 20 heavy (non-hydrogen) atoms. The first kappa shape index (κ1) is 14.1. The van der Waals surface area contributed by atoms with Gasteiger partial charge in [0, 0.05) is 18.7 Å². The van der Waals surface area contributed by atoms with Gasteiger partial charge in [0.25, 0.3) is 5.91 Å². The van der Waals surface area contributed by atoms with E-state index in [4.69, 9.17) is 14.3 Å². The Hall–Kier alpha value is -2.27. The highest BCUT2D eigenvalue weighted by molar-refractivity contribution is 5.92. The summed E-state index contributed by atoms with van der Waals surface area (Å²) >= 11 is 0. The maximum Gasteiger partial charge on any atom is 0.287 e. The Labute approximate surface area is 117 Å². The van der Waals surface area contributed by atoms with Gasteiger partial charge in [-0.1, -0.05) is 18.2 Å². The zero-order valence-corrected chi connectivity index (χ0v) is 11.0. The number of aliphatic hydroxyl groups excluding tert-OH is 1. The van der Waals surface area contributed by atoms with Crippen LogP contribution in [-0.4, -0.2) is 24.2 Å². The molecule has 5 nitrogen and oxygen atoms in total. The average Bonchev–Trinajstić information content (AvgIpc) is 2.95. The molecule has 2 rings (SSSR count). The molecule has 0 radical (unpaired) electrons. The third-order valence-corrected chi connectivity index (χ3v) is 2.71. The largest absolute Gasteiger partial charge is 0.489 e. The molecule has 0 aliphatic rings. The van der Waals surface area contributed by atoms with Gasteiger partial charge in [0.15, 0.2) is 5.76 Å². The van der Waals surface area contributed by atoms with Gasteiger partial charge in [-0.05, 0) is 24.6 Å². The molecule has 0 saturated carbocycles. The Morgan fingerprint density at radius 1 is 1.25 bits per heavy atom. The van der Waals surface area contributed by atoms with Crippen LogP contribution in [0.25, 0.3) is 0 Å². The van der Waals surface area contributed by atoms with Crippen molar-refractivity contribution in [3.8, 4) is 5.75 Å². The third-order valence-electron chi connectivity index (χ3n) is 2.71. The quantitative estimate of drug-likeness (QED) is 0.758. The van der Waals surface area contributed by atoms with E-state index >= 15 is 0 Å². The standard InChI is InChI=1S/C15H17NO4/c17-9-4-8-16-15(18)14-12(7-10-19-14)11-20-13-5-2-1-3-6-13/h1-3,5-7,10,17H,4,8-9,11H2,(H,16,18). The molecule has 1 heterocycles. The highest BCUT2D eigenvalue weighted by Gasteiger charge is 2.15. The van der Waals surface area contributed by atoms with Crippen molar-refractivity contribution in [3.63, 3.8) is 0 Å². The molecule has 1 aromatic carbocycles. The van der Waals surface area contributed by atoms with E-state index in [9.17, 15) is 4.79 Å². The number of hydrogen-bond acceptors (Lipinski definition) is 4. The number of aliphatic hydroxyl groups is 1. The Kier molecular flexibility index (Phi) is 5.20. The van der Waals surface area contributed by atoms with E-state index in [1.165, 1.54) is 6.26 Å². The minimum atomic E-state index is -0.296. The van der Waals surface area contributed by atoms with Crippen LogP contribution >= 0.6 is 0 Å². The zero-order chi connectivity index (χ0) is 14.2. The lowest BCUT2D eigenvalue weighted by Gasteiger charge is -2.06. The smallest absolute Gasteiger partial charge is 0.287 e. The molecule has 5 heteroatoms. The number of carbonyl (C=O) groups excluding carboxylic acids is 1. The molecule has 0 saturated heterocycles. The SMILES string of the molecule is O=C(NCCCO)c1occc1COc1ccccc1. The van der Waals surface area contributed by atoms with E-state index in [2.05, 4.69) is 5.32 Å². The van der Waals surface area contributed by atoms with Gasteiger partial charge < -0.3 is 19.6 Å². The number of carbonyl (C=O) groups is 1. The Bertz CT molecular complexity index is 536. The predicted octanol–water partition coefficient (Wildman–Crippen LogP) is 1.97. The predicted molar refractivity (Wildman–Crippen MR) is 73.5 cm³/mol. The number of nitrogens with one attached hydrogen (secondary N) is 1. The maximum atomic E-state index is 11.9. The van der Waals surface area contributed by atoms with E-state index < -0.39 is 0 Å². The third kappa shape index (κ3) is 3.86. The van der Waals surface area contributed by atoms with Gasteiger partial charge in [-0.3, -0.25) is 4.79 Å². The van der Waals surface area contributed by atoms with Crippen molar-refractivity contribution in [2.24, 2.45) is 0 Å². The van der Waals surface area contributed by atoms with Crippen LogP contribution in [0.2, 0.25) is 0 Å². The van der Waals surface area contributed by atoms with E-state index in [-0.39, 0.29) is 24.9 Å². The van der Waals surface area contributed by atoms with Crippen molar-refractivity contribution >= 4 is 5.91 Å². The van der Waals surface area contributed by atoms with E-state index in [0.29, 0.717) is 18.5 Å². The number of benzene rings is 1. The number of ether oxygens (including phenoxy) is 1. The monoisotopic (exact) mass is 275 g/mol. The number of hydrogen-bond donors (Lipinski definition) is 2. The minimum absolute atomic E-state index is 0.0441. The molecule has 0 spiro atoms. The summed E-state index contributed by atoms with van der Waals surface area (Å²) in [5.74, 6) is 0.689. The normalized spacial score (nSPS) is 10.2. The van der Waals surface area contributed by atoms with Crippen molar-refractivity contribution in [1.82, 2.24) is 5.32 Å². The summed E-state index contributed by atoms with van der Waals surface area (Å²) in [4.78, 5) is 11.9. The lowest BCUT2D eigenvalue weighted by Crippen LogP contribution is -2.25. The van der Waals surface area contributed by atoms with Crippen LogP contribution in [0.15, 0.2) is 47.1 Å². The second-order valence-corrected chi connectivity index (χ2v) is 4.21. The molecule has 2 aromatic rings. The maximum absolute atomic E-state index is 11.9. The Morgan fingerprint density at radius 3 is 2.80 bits per heavy atom. The zero-order valence-electron chi connectivity index (χ0n) is 11.0. The van der Waals surface area contributed by atoms with Crippen molar-refractivity contribution in [3.05, 3.63) is 54.0 Å². The molecule has 0 unspecified atom stereocenters. The minimum Gasteiger partial charge on any atom is -0.489 e. The second-order valence-electron chi connectivity index (χ2n) is 4.21. The van der Waals surface area contributed by atoms with Gasteiger partial charge >= 0.3 is 0 Å². The van der Waals surface area contributed by atoms with E-state index in [1.807, 2.05) is 30.3 Å². The molecule has 2 N–H and O–H groups in total. The van der Waals surface area contributed by atoms with Gasteiger partial charge in [-0.2, -0.15) is 0 Å². The molecule has 106 valence electrons. The van der Waals surface area contributed by atoms with Crippen molar-refractivity contribution < 1.29 is 19.1 Å². The van der Waals surface area contributed by atoms with Crippen molar-refractivity contribution in [1.29, 1.82) is 0 Å². The summed E-state index contributed by atoms with van der Waals surface area (Å²) in [7, 11) is 0. The van der Waals surface area contributed by atoms with E-state index in [1.54, 1.807) is 6.07 Å². The molecule has 0 atom stereocenters. The summed E-state index contributed by atoms with van der Waals surface area (Å²) in [5.41, 5.74) is 0.690. The Balaban J connectivity index is 1.93. The summed E-state index contributed by atoms with van der Waals surface area (Å²) in [6, 6.07) is 11.1. The average molecular weight is 275 g/mol. The molecule has 1 amide bonds. The van der Waals surface area contributed by atoms with Crippen LogP contribution < -0.4 is 10.1 Å². The topological polar surface area (TPSA) is 71.7 Å². The van der Waals surface area contributed by atoms with Gasteiger partial charge in [-0.15, -0.1) is 0 Å². The summed E-state index contributed by atoms with van der Waals surface area (Å²) in [6.07, 6.45) is 1.98. The number of para-hydroxylation sites is 1. The van der Waals surface area contributed by atoms with Crippen molar-refractivity contribution in [2.45, 2.75) is 13.0 Å². The summed E-state index contributed by atoms with van der Waals surface area (Å²) in [6.45, 7) is 0.723. The second kappa shape index (κ2) is 7.35. The molecular weight excluding hydrogens is 258 g/mol. The van der Waals surface area contributed by atoms with Crippen LogP contribution in [0.5, 0.6) is 5.75 Å². The first-order chi connectivity index (χ1) is 9.81. The van der Waals surface area contributed by atoms with Crippen LogP contribution in [0.3, 0.4) is 0 Å². The molecule has 0 aliphatic carbocycles. The molecule has 0 fully saturated rings. The fourth-order valence-corrected chi connectivity index (χ4v) is 1.69. The molecule has 0 aliphatic heterocycles. The number of rotatable bonds is 7. The van der Waals surface area contributed by atoms with Crippen LogP contribution in [0.1, 0.15) is 22.5 Å². The van der Waals surface area contributed by atoms with Crippen LogP contribution in [0.4, 0.5) is 0 Å².